The van der Waals surface area contributed by atoms with E-state index in [0.29, 0.717) is 17.5 Å². The summed E-state index contributed by atoms with van der Waals surface area (Å²) in [5, 5.41) is 4.70. The molecule has 0 atom stereocenters. The summed E-state index contributed by atoms with van der Waals surface area (Å²) in [6.45, 7) is 0. The van der Waals surface area contributed by atoms with E-state index in [1.165, 1.54) is 25.3 Å². The molecule has 2 aromatic rings. The molecule has 0 aromatic heterocycles. The zero-order chi connectivity index (χ0) is 16.3. The van der Waals surface area contributed by atoms with Crippen LogP contribution in [0.4, 0.5) is 29.3 Å². The highest BCUT2D eigenvalue weighted by Gasteiger charge is 2.15. The van der Waals surface area contributed by atoms with Crippen LogP contribution in [0.15, 0.2) is 30.3 Å². The highest BCUT2D eigenvalue weighted by atomic mass is 35.5. The molecule has 0 spiro atoms. The number of carbonyl (C=O) groups excluding carboxylic acids is 1. The Kier molecular flexibility index (Phi) is 4.77. The molecule has 0 unspecified atom stereocenters. The second-order valence-electron chi connectivity index (χ2n) is 4.15. The molecule has 0 heterocycles. The molecule has 0 bridgehead atoms. The average Bonchev–Trinajstić information content (AvgIpc) is 2.48. The predicted octanol–water partition coefficient (Wildman–Crippen LogP) is 4.41. The van der Waals surface area contributed by atoms with Crippen molar-refractivity contribution in [2.75, 3.05) is 17.7 Å². The van der Waals surface area contributed by atoms with Crippen molar-refractivity contribution in [1.29, 1.82) is 0 Å². The fourth-order valence-electron chi connectivity index (χ4n) is 1.65. The molecule has 0 saturated heterocycles. The van der Waals surface area contributed by atoms with Gasteiger partial charge in [-0.25, -0.2) is 18.0 Å². The monoisotopic (exact) mass is 330 g/mol. The molecule has 0 aliphatic rings. The number of anilines is 2. The summed E-state index contributed by atoms with van der Waals surface area (Å²) in [4.78, 5) is 11.7. The number of urea groups is 1. The van der Waals surface area contributed by atoms with Gasteiger partial charge in [-0.1, -0.05) is 11.6 Å². The average molecular weight is 331 g/mol. The van der Waals surface area contributed by atoms with Gasteiger partial charge >= 0.3 is 6.03 Å². The van der Waals surface area contributed by atoms with E-state index in [2.05, 4.69) is 10.6 Å². The lowest BCUT2D eigenvalue weighted by Crippen LogP contribution is -2.20. The van der Waals surface area contributed by atoms with Gasteiger partial charge in [0.2, 0.25) is 0 Å². The van der Waals surface area contributed by atoms with Gasteiger partial charge in [0.15, 0.2) is 17.5 Å². The van der Waals surface area contributed by atoms with Gasteiger partial charge in [-0.2, -0.15) is 0 Å². The van der Waals surface area contributed by atoms with E-state index in [1.54, 1.807) is 0 Å². The maximum atomic E-state index is 13.4. The Balaban J connectivity index is 2.10. The lowest BCUT2D eigenvalue weighted by Gasteiger charge is -2.10. The van der Waals surface area contributed by atoms with Gasteiger partial charge in [-0.15, -0.1) is 0 Å². The van der Waals surface area contributed by atoms with E-state index in [1.807, 2.05) is 0 Å². The van der Waals surface area contributed by atoms with Gasteiger partial charge in [0.1, 0.15) is 5.75 Å². The summed E-state index contributed by atoms with van der Waals surface area (Å²) in [5.74, 6) is -4.07. The largest absolute Gasteiger partial charge is 0.495 e. The first kappa shape index (κ1) is 16.0. The Morgan fingerprint density at radius 1 is 1.09 bits per heavy atom. The highest BCUT2D eigenvalue weighted by molar-refractivity contribution is 6.32. The molecule has 0 saturated carbocycles. The first-order chi connectivity index (χ1) is 10.4. The van der Waals surface area contributed by atoms with Crippen molar-refractivity contribution in [3.8, 4) is 5.75 Å². The normalized spacial score (nSPS) is 10.2. The molecule has 0 radical (unpaired) electrons. The number of rotatable bonds is 3. The van der Waals surface area contributed by atoms with Crippen LogP contribution in [0.3, 0.4) is 0 Å². The van der Waals surface area contributed by atoms with Gasteiger partial charge in [0.05, 0.1) is 17.8 Å². The Hall–Kier alpha value is -2.41. The Morgan fingerprint density at radius 3 is 2.45 bits per heavy atom. The number of nitrogens with one attached hydrogen (secondary N) is 2. The highest BCUT2D eigenvalue weighted by Crippen LogP contribution is 2.27. The summed E-state index contributed by atoms with van der Waals surface area (Å²) in [6, 6.07) is 5.22. The van der Waals surface area contributed by atoms with Crippen LogP contribution < -0.4 is 15.4 Å². The van der Waals surface area contributed by atoms with Gasteiger partial charge < -0.3 is 15.4 Å². The molecule has 0 aliphatic carbocycles. The molecular formula is C14H10ClF3N2O2. The molecule has 4 nitrogen and oxygen atoms in total. The van der Waals surface area contributed by atoms with E-state index in [-0.39, 0.29) is 5.02 Å². The summed E-state index contributed by atoms with van der Waals surface area (Å²) in [5.41, 5.74) is -0.178. The van der Waals surface area contributed by atoms with Crippen LogP contribution in [0.1, 0.15) is 0 Å². The topological polar surface area (TPSA) is 50.4 Å². The van der Waals surface area contributed by atoms with Gasteiger partial charge in [-0.3, -0.25) is 0 Å². The molecule has 0 fully saturated rings. The third-order valence-corrected chi connectivity index (χ3v) is 2.99. The van der Waals surface area contributed by atoms with Gasteiger partial charge in [-0.05, 0) is 30.3 Å². The number of methoxy groups -OCH3 is 1. The van der Waals surface area contributed by atoms with Crippen molar-refractivity contribution in [3.63, 3.8) is 0 Å². The zero-order valence-electron chi connectivity index (χ0n) is 11.2. The molecule has 2 N–H and O–H groups in total. The minimum absolute atomic E-state index is 0.263. The minimum atomic E-state index is -1.66. The molecule has 0 aliphatic heterocycles. The summed E-state index contributed by atoms with van der Waals surface area (Å²) in [6.07, 6.45) is 0. The minimum Gasteiger partial charge on any atom is -0.495 e. The number of ether oxygens (including phenoxy) is 1. The van der Waals surface area contributed by atoms with Gasteiger partial charge in [0.25, 0.3) is 0 Å². The van der Waals surface area contributed by atoms with E-state index >= 15 is 0 Å². The van der Waals surface area contributed by atoms with E-state index in [9.17, 15) is 18.0 Å². The van der Waals surface area contributed by atoms with Crippen LogP contribution in [0.2, 0.25) is 5.02 Å². The first-order valence-electron chi connectivity index (χ1n) is 5.97. The number of benzene rings is 2. The molecule has 2 rings (SSSR count). The quantitative estimate of drug-likeness (QED) is 0.819. The van der Waals surface area contributed by atoms with Crippen LogP contribution >= 0.6 is 11.6 Å². The number of halogens is 4. The van der Waals surface area contributed by atoms with Crippen molar-refractivity contribution in [2.24, 2.45) is 0 Å². The second kappa shape index (κ2) is 6.57. The van der Waals surface area contributed by atoms with Crippen LogP contribution in [0, 0.1) is 17.5 Å². The fourth-order valence-corrected chi connectivity index (χ4v) is 1.91. The number of hydrogen-bond acceptors (Lipinski definition) is 2. The maximum Gasteiger partial charge on any atom is 0.323 e. The van der Waals surface area contributed by atoms with Gasteiger partial charge in [0, 0.05) is 5.69 Å². The van der Waals surface area contributed by atoms with Crippen LogP contribution in [0.25, 0.3) is 0 Å². The van der Waals surface area contributed by atoms with E-state index in [4.69, 9.17) is 16.3 Å². The standard InChI is InChI=1S/C14H10ClF3N2O2/c1-22-11-5-2-7(6-8(11)15)19-14(21)20-10-4-3-9(16)12(17)13(10)18/h2-6H,1H3,(H2,19,20,21). The molecule has 2 amide bonds. The summed E-state index contributed by atoms with van der Waals surface area (Å²) >= 11 is 5.89. The van der Waals surface area contributed by atoms with Crippen molar-refractivity contribution in [1.82, 2.24) is 0 Å². The maximum absolute atomic E-state index is 13.4. The Labute approximate surface area is 128 Å². The number of hydrogen-bond donors (Lipinski definition) is 2. The van der Waals surface area contributed by atoms with E-state index in [0.717, 1.165) is 6.07 Å². The first-order valence-corrected chi connectivity index (χ1v) is 6.35. The van der Waals surface area contributed by atoms with Crippen LogP contribution in [-0.2, 0) is 0 Å². The van der Waals surface area contributed by atoms with Crippen molar-refractivity contribution in [2.45, 2.75) is 0 Å². The summed E-state index contributed by atoms with van der Waals surface area (Å²) in [7, 11) is 1.44. The van der Waals surface area contributed by atoms with Crippen molar-refractivity contribution >= 4 is 29.0 Å². The number of amides is 2. The zero-order valence-corrected chi connectivity index (χ0v) is 12.0. The molecule has 8 heteroatoms. The Bertz CT molecular complexity index is 725. The van der Waals surface area contributed by atoms with Crippen molar-refractivity contribution in [3.05, 3.63) is 52.8 Å². The Morgan fingerprint density at radius 2 is 1.82 bits per heavy atom. The fraction of sp³-hybridized carbons (Fsp3) is 0.0714. The van der Waals surface area contributed by atoms with Crippen molar-refractivity contribution < 1.29 is 22.7 Å². The lowest BCUT2D eigenvalue weighted by molar-refractivity contribution is 0.262. The van der Waals surface area contributed by atoms with Crippen LogP contribution in [-0.4, -0.2) is 13.1 Å². The van der Waals surface area contributed by atoms with Crippen LogP contribution in [0.5, 0.6) is 5.75 Å². The lowest BCUT2D eigenvalue weighted by atomic mass is 10.3. The molecule has 116 valence electrons. The van der Waals surface area contributed by atoms with E-state index < -0.39 is 29.2 Å². The third-order valence-electron chi connectivity index (χ3n) is 2.69. The predicted molar refractivity (Wildman–Crippen MR) is 77.0 cm³/mol. The SMILES string of the molecule is COc1ccc(NC(=O)Nc2ccc(F)c(F)c2F)cc1Cl. The molecular weight excluding hydrogens is 321 g/mol. The third kappa shape index (κ3) is 3.43. The second-order valence-corrected chi connectivity index (χ2v) is 4.56. The molecule has 22 heavy (non-hydrogen) atoms. The number of carbonyl (C=O) groups is 1. The summed E-state index contributed by atoms with van der Waals surface area (Å²) < 4.78 is 44.2. The smallest absolute Gasteiger partial charge is 0.323 e. The molecule has 2 aromatic carbocycles.